The average molecular weight is 388 g/mol. The Bertz CT molecular complexity index is 802. The third kappa shape index (κ3) is 3.31. The lowest BCUT2D eigenvalue weighted by Gasteiger charge is -2.32. The van der Waals surface area contributed by atoms with Gasteiger partial charge in [0.15, 0.2) is 0 Å². The minimum atomic E-state index is -3.68. The van der Waals surface area contributed by atoms with Gasteiger partial charge in [0, 0.05) is 26.2 Å². The Kier molecular flexibility index (Phi) is 5.58. The number of hydrogen-bond donors (Lipinski definition) is 1. The summed E-state index contributed by atoms with van der Waals surface area (Å²) in [6.07, 6.45) is 1.45. The number of fused-ring (bicyclic) bond motifs is 1. The molecular weight excluding hydrogens is 366 g/mol. The number of imide groups is 1. The molecule has 1 atom stereocenters. The van der Waals surface area contributed by atoms with Crippen molar-refractivity contribution in [3.63, 3.8) is 0 Å². The van der Waals surface area contributed by atoms with Crippen LogP contribution >= 0.6 is 12.4 Å². The molecule has 9 heteroatoms. The second kappa shape index (κ2) is 7.03. The van der Waals surface area contributed by atoms with Gasteiger partial charge in [-0.15, -0.1) is 12.4 Å². The maximum absolute atomic E-state index is 12.8. The molecule has 2 aliphatic rings. The van der Waals surface area contributed by atoms with Crippen LogP contribution in [0.25, 0.3) is 0 Å². The first-order chi connectivity index (χ1) is 11.2. The van der Waals surface area contributed by atoms with Crippen LogP contribution in [0.1, 0.15) is 40.5 Å². The number of rotatable bonds is 3. The summed E-state index contributed by atoms with van der Waals surface area (Å²) >= 11 is 0. The zero-order chi connectivity index (χ0) is 17.6. The van der Waals surface area contributed by atoms with Gasteiger partial charge in [-0.2, -0.15) is 4.31 Å². The lowest BCUT2D eigenvalue weighted by molar-refractivity contribution is 0.0693. The van der Waals surface area contributed by atoms with Gasteiger partial charge in [-0.1, -0.05) is 0 Å². The summed E-state index contributed by atoms with van der Waals surface area (Å²) in [4.78, 5) is 25.0. The van der Waals surface area contributed by atoms with Crippen molar-refractivity contribution < 1.29 is 18.0 Å². The van der Waals surface area contributed by atoms with E-state index in [4.69, 9.17) is 5.73 Å². The second-order valence-electron chi connectivity index (χ2n) is 6.48. The van der Waals surface area contributed by atoms with E-state index in [0.29, 0.717) is 19.0 Å². The molecule has 1 aromatic carbocycles. The van der Waals surface area contributed by atoms with E-state index in [2.05, 4.69) is 0 Å². The van der Waals surface area contributed by atoms with Crippen molar-refractivity contribution in [2.24, 2.45) is 11.7 Å². The molecular formula is C16H22ClN3O4S. The SMILES string of the molecule is CC(N)C1CCN(S(=O)(=O)c2ccc3c(c2)C(=O)N(C)C3=O)CC1.Cl. The van der Waals surface area contributed by atoms with Crippen LogP contribution in [0.4, 0.5) is 0 Å². The molecule has 1 unspecified atom stereocenters. The molecule has 0 radical (unpaired) electrons. The molecule has 2 aliphatic heterocycles. The predicted octanol–water partition coefficient (Wildman–Crippen LogP) is 1.08. The summed E-state index contributed by atoms with van der Waals surface area (Å²) in [5.74, 6) is -0.552. The third-order valence-corrected chi connectivity index (χ3v) is 6.84. The number of nitrogens with two attached hydrogens (primary N) is 1. The number of nitrogens with zero attached hydrogens (tertiary/aromatic N) is 2. The van der Waals surface area contributed by atoms with E-state index >= 15 is 0 Å². The normalized spacial score (nSPS) is 20.4. The Morgan fingerprint density at radius 1 is 1.12 bits per heavy atom. The van der Waals surface area contributed by atoms with Gasteiger partial charge in [-0.05, 0) is 43.9 Å². The van der Waals surface area contributed by atoms with Crippen molar-refractivity contribution in [3.05, 3.63) is 29.3 Å². The minimum absolute atomic E-state index is 0. The van der Waals surface area contributed by atoms with Crippen LogP contribution in [-0.4, -0.2) is 55.6 Å². The van der Waals surface area contributed by atoms with E-state index in [1.807, 2.05) is 6.92 Å². The number of benzene rings is 1. The van der Waals surface area contributed by atoms with Crippen LogP contribution in [0.15, 0.2) is 23.1 Å². The summed E-state index contributed by atoms with van der Waals surface area (Å²) in [5.41, 5.74) is 6.29. The molecule has 138 valence electrons. The van der Waals surface area contributed by atoms with Crippen molar-refractivity contribution in [2.75, 3.05) is 20.1 Å². The molecule has 2 N–H and O–H groups in total. The van der Waals surface area contributed by atoms with Crippen molar-refractivity contribution in [3.8, 4) is 0 Å². The van der Waals surface area contributed by atoms with Crippen molar-refractivity contribution >= 4 is 34.2 Å². The van der Waals surface area contributed by atoms with Gasteiger partial charge in [0.2, 0.25) is 10.0 Å². The average Bonchev–Trinajstić information content (AvgIpc) is 2.79. The van der Waals surface area contributed by atoms with Gasteiger partial charge in [-0.25, -0.2) is 8.42 Å². The molecule has 0 saturated carbocycles. The van der Waals surface area contributed by atoms with Gasteiger partial charge in [0.1, 0.15) is 0 Å². The number of halogens is 1. The first kappa shape index (κ1) is 19.8. The summed E-state index contributed by atoms with van der Waals surface area (Å²) in [7, 11) is -2.29. The van der Waals surface area contributed by atoms with Crippen molar-refractivity contribution in [2.45, 2.75) is 30.7 Å². The second-order valence-corrected chi connectivity index (χ2v) is 8.42. The highest BCUT2D eigenvalue weighted by Crippen LogP contribution is 2.28. The largest absolute Gasteiger partial charge is 0.328 e. The lowest BCUT2D eigenvalue weighted by atomic mass is 9.92. The van der Waals surface area contributed by atoms with Gasteiger partial charge in [0.05, 0.1) is 16.0 Å². The van der Waals surface area contributed by atoms with Crippen LogP contribution in [0.2, 0.25) is 0 Å². The third-order valence-electron chi connectivity index (χ3n) is 4.94. The number of carbonyl (C=O) groups excluding carboxylic acids is 2. The maximum Gasteiger partial charge on any atom is 0.261 e. The summed E-state index contributed by atoms with van der Waals surface area (Å²) in [5, 5.41) is 0. The fourth-order valence-electron chi connectivity index (χ4n) is 3.29. The smallest absolute Gasteiger partial charge is 0.261 e. The highest BCUT2D eigenvalue weighted by atomic mass is 35.5. The topological polar surface area (TPSA) is 101 Å². The number of amides is 2. The van der Waals surface area contributed by atoms with Gasteiger partial charge in [0.25, 0.3) is 11.8 Å². The highest BCUT2D eigenvalue weighted by molar-refractivity contribution is 7.89. The molecule has 0 spiro atoms. The molecule has 0 bridgehead atoms. The van der Waals surface area contributed by atoms with Gasteiger partial charge in [-0.3, -0.25) is 14.5 Å². The number of carbonyl (C=O) groups is 2. The zero-order valence-electron chi connectivity index (χ0n) is 14.1. The predicted molar refractivity (Wildman–Crippen MR) is 95.2 cm³/mol. The zero-order valence-corrected chi connectivity index (χ0v) is 15.8. The van der Waals surface area contributed by atoms with E-state index in [1.165, 1.54) is 29.6 Å². The van der Waals surface area contributed by atoms with E-state index in [0.717, 1.165) is 17.7 Å². The summed E-state index contributed by atoms with van der Waals surface area (Å²) < 4.78 is 27.1. The lowest BCUT2D eigenvalue weighted by Crippen LogP contribution is -2.42. The summed E-state index contributed by atoms with van der Waals surface area (Å²) in [6, 6.07) is 4.18. The molecule has 25 heavy (non-hydrogen) atoms. The Balaban J connectivity index is 0.00000225. The highest BCUT2D eigenvalue weighted by Gasteiger charge is 2.36. The Labute approximate surface area is 153 Å². The van der Waals surface area contributed by atoms with Crippen LogP contribution in [0.3, 0.4) is 0 Å². The molecule has 1 saturated heterocycles. The van der Waals surface area contributed by atoms with Crippen LogP contribution in [0, 0.1) is 5.92 Å². The standard InChI is InChI=1S/C16H21N3O4S.ClH/c1-10(17)11-5-7-19(8-6-11)24(22,23)12-3-4-13-14(9-12)16(21)18(2)15(13)20;/h3-4,9-11H,5-8,17H2,1-2H3;1H. The van der Waals surface area contributed by atoms with E-state index in [9.17, 15) is 18.0 Å². The maximum atomic E-state index is 12.8. The Morgan fingerprint density at radius 3 is 2.24 bits per heavy atom. The molecule has 1 fully saturated rings. The number of piperidine rings is 1. The fraction of sp³-hybridized carbons (Fsp3) is 0.500. The van der Waals surface area contributed by atoms with Crippen molar-refractivity contribution in [1.82, 2.24) is 9.21 Å². The van der Waals surface area contributed by atoms with Crippen molar-refractivity contribution in [1.29, 1.82) is 0 Å². The molecule has 2 heterocycles. The molecule has 0 aliphatic carbocycles. The molecule has 2 amide bonds. The van der Waals surface area contributed by atoms with E-state index in [1.54, 1.807) is 0 Å². The Morgan fingerprint density at radius 2 is 1.68 bits per heavy atom. The van der Waals surface area contributed by atoms with E-state index in [-0.39, 0.29) is 34.5 Å². The monoisotopic (exact) mass is 387 g/mol. The van der Waals surface area contributed by atoms with Gasteiger partial charge >= 0.3 is 0 Å². The first-order valence-electron chi connectivity index (χ1n) is 7.95. The first-order valence-corrected chi connectivity index (χ1v) is 9.39. The van der Waals surface area contributed by atoms with E-state index < -0.39 is 21.8 Å². The quantitative estimate of drug-likeness (QED) is 0.782. The van der Waals surface area contributed by atoms with Gasteiger partial charge < -0.3 is 5.73 Å². The summed E-state index contributed by atoms with van der Waals surface area (Å²) in [6.45, 7) is 2.77. The minimum Gasteiger partial charge on any atom is -0.328 e. The number of hydrogen-bond acceptors (Lipinski definition) is 5. The van der Waals surface area contributed by atoms with Crippen LogP contribution in [-0.2, 0) is 10.0 Å². The Hall–Kier alpha value is -1.48. The molecule has 1 aromatic rings. The molecule has 7 nitrogen and oxygen atoms in total. The molecule has 0 aromatic heterocycles. The van der Waals surface area contributed by atoms with Crippen LogP contribution < -0.4 is 5.73 Å². The number of sulfonamides is 1. The fourth-order valence-corrected chi connectivity index (χ4v) is 4.79. The van der Waals surface area contributed by atoms with Crippen LogP contribution in [0.5, 0.6) is 0 Å². The molecule has 3 rings (SSSR count).